The van der Waals surface area contributed by atoms with Gasteiger partial charge in [0.05, 0.1) is 20.3 Å². The molecule has 1 fully saturated rings. The van der Waals surface area contributed by atoms with Crippen LogP contribution in [0.5, 0.6) is 17.2 Å². The molecule has 1 heterocycles. The van der Waals surface area contributed by atoms with Crippen molar-refractivity contribution in [3.63, 3.8) is 0 Å². The molecule has 0 saturated carbocycles. The van der Waals surface area contributed by atoms with Crippen LogP contribution in [0.3, 0.4) is 0 Å². The number of rotatable bonds is 6. The number of nitrogens with one attached hydrogen (secondary N) is 1. The van der Waals surface area contributed by atoms with Crippen molar-refractivity contribution in [3.8, 4) is 17.2 Å². The second kappa shape index (κ2) is 8.70. The first-order valence-electron chi connectivity index (χ1n) is 8.94. The van der Waals surface area contributed by atoms with Gasteiger partial charge >= 0.3 is 6.36 Å². The monoisotopic (exact) mass is 396 g/mol. The number of para-hydroxylation sites is 1. The van der Waals surface area contributed by atoms with E-state index in [-0.39, 0.29) is 11.8 Å². The molecule has 1 aliphatic heterocycles. The van der Waals surface area contributed by atoms with E-state index >= 15 is 0 Å². The van der Waals surface area contributed by atoms with Crippen LogP contribution in [0.4, 0.5) is 13.2 Å². The number of piperazine rings is 1. The number of hydrogen-bond acceptors (Lipinski definition) is 5. The van der Waals surface area contributed by atoms with Gasteiger partial charge < -0.3 is 19.5 Å². The first-order chi connectivity index (χ1) is 13.4. The van der Waals surface area contributed by atoms with Gasteiger partial charge in [0.15, 0.2) is 11.5 Å². The second-order valence-electron chi connectivity index (χ2n) is 6.39. The van der Waals surface area contributed by atoms with Crippen LogP contribution in [0, 0.1) is 0 Å². The zero-order valence-corrected chi connectivity index (χ0v) is 15.8. The molecule has 152 valence electrons. The van der Waals surface area contributed by atoms with Gasteiger partial charge in [-0.25, -0.2) is 0 Å². The summed E-state index contributed by atoms with van der Waals surface area (Å²) in [7, 11) is 3.15. The van der Waals surface area contributed by atoms with Gasteiger partial charge in [0.25, 0.3) is 0 Å². The van der Waals surface area contributed by atoms with E-state index < -0.39 is 6.36 Å². The Labute approximate surface area is 162 Å². The van der Waals surface area contributed by atoms with Gasteiger partial charge in [-0.05, 0) is 23.8 Å². The van der Waals surface area contributed by atoms with E-state index in [1.807, 2.05) is 18.2 Å². The highest BCUT2D eigenvalue weighted by Crippen LogP contribution is 2.40. The fourth-order valence-corrected chi connectivity index (χ4v) is 3.51. The van der Waals surface area contributed by atoms with Gasteiger partial charge in [-0.1, -0.05) is 24.3 Å². The standard InChI is InChI=1S/C20H23F3N2O3/c1-26-17-5-3-4-16(19(17)27-2)18(25-12-10-24-11-13-25)14-6-8-15(9-7-14)28-20(21,22)23/h3-9,18,24H,10-13H2,1-2H3/t18-/m1/s1. The summed E-state index contributed by atoms with van der Waals surface area (Å²) < 4.78 is 52.4. The number of nitrogens with zero attached hydrogens (tertiary/aromatic N) is 1. The zero-order valence-electron chi connectivity index (χ0n) is 15.8. The normalized spacial score (nSPS) is 16.5. The molecule has 0 aromatic heterocycles. The average molecular weight is 396 g/mol. The Morgan fingerprint density at radius 2 is 1.64 bits per heavy atom. The minimum atomic E-state index is -4.71. The average Bonchev–Trinajstić information content (AvgIpc) is 2.69. The third-order valence-electron chi connectivity index (χ3n) is 4.67. The Balaban J connectivity index is 2.01. The highest BCUT2D eigenvalue weighted by molar-refractivity contribution is 5.51. The van der Waals surface area contributed by atoms with Crippen molar-refractivity contribution in [1.29, 1.82) is 0 Å². The topological polar surface area (TPSA) is 43.0 Å². The van der Waals surface area contributed by atoms with Gasteiger partial charge in [0, 0.05) is 31.7 Å². The van der Waals surface area contributed by atoms with E-state index in [1.165, 1.54) is 12.1 Å². The molecule has 2 aromatic carbocycles. The third kappa shape index (κ3) is 4.69. The van der Waals surface area contributed by atoms with E-state index in [1.54, 1.807) is 26.4 Å². The molecule has 0 spiro atoms. The summed E-state index contributed by atoms with van der Waals surface area (Å²) in [6.45, 7) is 3.26. The van der Waals surface area contributed by atoms with Gasteiger partial charge in [0.1, 0.15) is 5.75 Å². The Morgan fingerprint density at radius 1 is 0.964 bits per heavy atom. The SMILES string of the molecule is COc1cccc([C@@H](c2ccc(OC(F)(F)F)cc2)N2CCNCC2)c1OC. The molecule has 0 unspecified atom stereocenters. The Hall–Kier alpha value is -2.45. The Morgan fingerprint density at radius 3 is 2.21 bits per heavy atom. The van der Waals surface area contributed by atoms with Crippen molar-refractivity contribution in [1.82, 2.24) is 10.2 Å². The predicted octanol–water partition coefficient (Wildman–Crippen LogP) is 3.60. The van der Waals surface area contributed by atoms with Crippen molar-refractivity contribution in [2.75, 3.05) is 40.4 Å². The fourth-order valence-electron chi connectivity index (χ4n) is 3.51. The lowest BCUT2D eigenvalue weighted by atomic mass is 9.95. The van der Waals surface area contributed by atoms with Crippen molar-refractivity contribution in [2.45, 2.75) is 12.4 Å². The number of alkyl halides is 3. The molecule has 1 atom stereocenters. The predicted molar refractivity (Wildman–Crippen MR) is 99.0 cm³/mol. The van der Waals surface area contributed by atoms with Crippen LogP contribution >= 0.6 is 0 Å². The maximum absolute atomic E-state index is 12.5. The number of benzene rings is 2. The van der Waals surface area contributed by atoms with E-state index in [9.17, 15) is 13.2 Å². The van der Waals surface area contributed by atoms with E-state index in [2.05, 4.69) is 15.0 Å². The summed E-state index contributed by atoms with van der Waals surface area (Å²) in [5.74, 6) is 0.981. The first-order valence-corrected chi connectivity index (χ1v) is 8.94. The molecular weight excluding hydrogens is 373 g/mol. The molecule has 2 aromatic rings. The maximum atomic E-state index is 12.5. The highest BCUT2D eigenvalue weighted by Gasteiger charge is 2.32. The third-order valence-corrected chi connectivity index (χ3v) is 4.67. The van der Waals surface area contributed by atoms with Crippen LogP contribution in [0.15, 0.2) is 42.5 Å². The second-order valence-corrected chi connectivity index (χ2v) is 6.39. The summed E-state index contributed by atoms with van der Waals surface area (Å²) in [6, 6.07) is 11.5. The lowest BCUT2D eigenvalue weighted by Crippen LogP contribution is -2.45. The van der Waals surface area contributed by atoms with Crippen LogP contribution in [0.1, 0.15) is 17.2 Å². The van der Waals surface area contributed by atoms with Crippen LogP contribution < -0.4 is 19.5 Å². The largest absolute Gasteiger partial charge is 0.573 e. The smallest absolute Gasteiger partial charge is 0.493 e. The van der Waals surface area contributed by atoms with Gasteiger partial charge in [-0.2, -0.15) is 0 Å². The van der Waals surface area contributed by atoms with Crippen molar-refractivity contribution in [3.05, 3.63) is 53.6 Å². The molecule has 1 N–H and O–H groups in total. The number of ether oxygens (including phenoxy) is 3. The summed E-state index contributed by atoms with van der Waals surface area (Å²) in [5.41, 5.74) is 1.75. The number of hydrogen-bond donors (Lipinski definition) is 1. The van der Waals surface area contributed by atoms with Gasteiger partial charge in [-0.15, -0.1) is 13.2 Å². The van der Waals surface area contributed by atoms with Crippen LogP contribution in [0.25, 0.3) is 0 Å². The van der Waals surface area contributed by atoms with E-state index in [0.29, 0.717) is 11.5 Å². The molecule has 0 aliphatic carbocycles. The van der Waals surface area contributed by atoms with Gasteiger partial charge in [0.2, 0.25) is 0 Å². The Kier molecular flexibility index (Phi) is 6.31. The molecule has 5 nitrogen and oxygen atoms in total. The quantitative estimate of drug-likeness (QED) is 0.808. The van der Waals surface area contributed by atoms with Crippen molar-refractivity contribution < 1.29 is 27.4 Å². The van der Waals surface area contributed by atoms with Gasteiger partial charge in [-0.3, -0.25) is 4.90 Å². The van der Waals surface area contributed by atoms with Crippen LogP contribution in [-0.2, 0) is 0 Å². The van der Waals surface area contributed by atoms with Crippen LogP contribution in [-0.4, -0.2) is 51.7 Å². The van der Waals surface area contributed by atoms with Crippen molar-refractivity contribution >= 4 is 0 Å². The molecule has 0 bridgehead atoms. The molecule has 1 aliphatic rings. The fraction of sp³-hybridized carbons (Fsp3) is 0.400. The number of halogens is 3. The zero-order chi connectivity index (χ0) is 20.1. The van der Waals surface area contributed by atoms with E-state index in [0.717, 1.165) is 37.3 Å². The molecule has 1 saturated heterocycles. The molecule has 3 rings (SSSR count). The molecule has 8 heteroatoms. The minimum absolute atomic E-state index is 0.188. The molecule has 0 amide bonds. The summed E-state index contributed by atoms with van der Waals surface area (Å²) in [4.78, 5) is 2.27. The highest BCUT2D eigenvalue weighted by atomic mass is 19.4. The molecule has 0 radical (unpaired) electrons. The summed E-state index contributed by atoms with van der Waals surface area (Å²) >= 11 is 0. The number of methoxy groups -OCH3 is 2. The minimum Gasteiger partial charge on any atom is -0.493 e. The summed E-state index contributed by atoms with van der Waals surface area (Å²) in [6.07, 6.45) is -4.71. The first kappa shape index (κ1) is 20.3. The van der Waals surface area contributed by atoms with Crippen LogP contribution in [0.2, 0.25) is 0 Å². The molecular formula is C20H23F3N2O3. The Bertz CT molecular complexity index is 775. The maximum Gasteiger partial charge on any atom is 0.573 e. The lowest BCUT2D eigenvalue weighted by molar-refractivity contribution is -0.274. The molecule has 28 heavy (non-hydrogen) atoms. The lowest BCUT2D eigenvalue weighted by Gasteiger charge is -2.36. The van der Waals surface area contributed by atoms with E-state index in [4.69, 9.17) is 9.47 Å². The van der Waals surface area contributed by atoms with Crippen molar-refractivity contribution in [2.24, 2.45) is 0 Å². The summed E-state index contributed by atoms with van der Waals surface area (Å²) in [5, 5.41) is 3.32.